The number of urea groups is 1. The Labute approximate surface area is 144 Å². The second-order valence-electron chi connectivity index (χ2n) is 6.49. The minimum atomic E-state index is -0.361. The molecule has 0 bridgehead atoms. The van der Waals surface area contributed by atoms with Gasteiger partial charge in [0.2, 0.25) is 11.8 Å². The van der Waals surface area contributed by atoms with E-state index in [1.54, 1.807) is 21.9 Å². The van der Waals surface area contributed by atoms with Crippen LogP contribution in [-0.2, 0) is 9.59 Å². The van der Waals surface area contributed by atoms with Crippen molar-refractivity contribution in [2.24, 2.45) is 11.7 Å². The van der Waals surface area contributed by atoms with Gasteiger partial charge in [0.05, 0.1) is 6.04 Å². The third-order valence-corrected chi connectivity index (χ3v) is 4.78. The monoisotopic (exact) mass is 348 g/mol. The predicted octanol–water partition coefficient (Wildman–Crippen LogP) is 0.838. The van der Waals surface area contributed by atoms with E-state index in [1.165, 1.54) is 12.1 Å². The third kappa shape index (κ3) is 3.89. The van der Waals surface area contributed by atoms with Crippen LogP contribution in [0.4, 0.5) is 14.9 Å². The van der Waals surface area contributed by atoms with E-state index < -0.39 is 0 Å². The van der Waals surface area contributed by atoms with Crippen molar-refractivity contribution in [2.75, 3.05) is 24.5 Å². The molecular weight excluding hydrogens is 327 g/mol. The van der Waals surface area contributed by atoms with Gasteiger partial charge in [-0.15, -0.1) is 0 Å². The Balaban J connectivity index is 1.54. The maximum Gasteiger partial charge on any atom is 0.317 e. The van der Waals surface area contributed by atoms with Crippen LogP contribution in [0.3, 0.4) is 0 Å². The smallest absolute Gasteiger partial charge is 0.317 e. The number of amides is 4. The van der Waals surface area contributed by atoms with Crippen LogP contribution in [0, 0.1) is 11.7 Å². The Hall–Kier alpha value is -2.64. The summed E-state index contributed by atoms with van der Waals surface area (Å²) in [6.07, 6.45) is 1.34. The molecule has 134 valence electrons. The highest BCUT2D eigenvalue weighted by Crippen LogP contribution is 2.22. The number of nitrogens with two attached hydrogens (primary N) is 1. The molecule has 0 aromatic heterocycles. The summed E-state index contributed by atoms with van der Waals surface area (Å²) >= 11 is 0. The largest absolute Gasteiger partial charge is 0.369 e. The maximum atomic E-state index is 13.0. The van der Waals surface area contributed by atoms with E-state index in [1.807, 2.05) is 0 Å². The minimum Gasteiger partial charge on any atom is -0.369 e. The number of hydrogen-bond donors (Lipinski definition) is 2. The molecule has 0 radical (unpaired) electrons. The number of nitrogens with zero attached hydrogens (tertiary/aromatic N) is 2. The van der Waals surface area contributed by atoms with Gasteiger partial charge in [-0.05, 0) is 37.1 Å². The van der Waals surface area contributed by atoms with E-state index in [-0.39, 0.29) is 42.0 Å². The van der Waals surface area contributed by atoms with Crippen LogP contribution >= 0.6 is 0 Å². The van der Waals surface area contributed by atoms with Crippen LogP contribution in [0.5, 0.6) is 0 Å². The molecule has 4 amide bonds. The molecule has 2 aliphatic rings. The lowest BCUT2D eigenvalue weighted by Gasteiger charge is -2.31. The average Bonchev–Trinajstić information content (AvgIpc) is 2.96. The molecule has 2 fully saturated rings. The highest BCUT2D eigenvalue weighted by Gasteiger charge is 2.33. The fourth-order valence-corrected chi connectivity index (χ4v) is 3.31. The number of carbonyl (C=O) groups is 3. The van der Waals surface area contributed by atoms with Crippen molar-refractivity contribution in [1.29, 1.82) is 0 Å². The molecule has 8 heteroatoms. The van der Waals surface area contributed by atoms with Crippen molar-refractivity contribution in [1.82, 2.24) is 10.2 Å². The van der Waals surface area contributed by atoms with Gasteiger partial charge >= 0.3 is 6.03 Å². The number of nitrogens with one attached hydrogen (secondary N) is 1. The number of piperidine rings is 1. The van der Waals surface area contributed by atoms with E-state index >= 15 is 0 Å². The Morgan fingerprint density at radius 3 is 2.40 bits per heavy atom. The maximum absolute atomic E-state index is 13.0. The Morgan fingerprint density at radius 2 is 1.80 bits per heavy atom. The second-order valence-corrected chi connectivity index (χ2v) is 6.49. The molecule has 0 saturated carbocycles. The summed E-state index contributed by atoms with van der Waals surface area (Å²) in [5.74, 6) is -0.966. The molecule has 3 N–H and O–H groups in total. The van der Waals surface area contributed by atoms with Crippen molar-refractivity contribution in [2.45, 2.75) is 25.3 Å². The van der Waals surface area contributed by atoms with E-state index in [2.05, 4.69) is 5.32 Å². The fraction of sp³-hybridized carbons (Fsp3) is 0.471. The number of hydrogen-bond acceptors (Lipinski definition) is 3. The highest BCUT2D eigenvalue weighted by molar-refractivity contribution is 5.96. The van der Waals surface area contributed by atoms with Crippen LogP contribution in [-0.4, -0.2) is 48.4 Å². The van der Waals surface area contributed by atoms with Gasteiger partial charge in [-0.2, -0.15) is 0 Å². The SMILES string of the molecule is NC(=O)C1CCN(C(=O)N[C@@H]2CC(=O)N(c3ccc(F)cc3)C2)CC1. The summed E-state index contributed by atoms with van der Waals surface area (Å²) in [6.45, 7) is 1.30. The zero-order valence-electron chi connectivity index (χ0n) is 13.8. The number of benzene rings is 1. The number of halogens is 1. The fourth-order valence-electron chi connectivity index (χ4n) is 3.31. The van der Waals surface area contributed by atoms with Crippen LogP contribution in [0.2, 0.25) is 0 Å². The van der Waals surface area contributed by atoms with Gasteiger partial charge in [-0.3, -0.25) is 9.59 Å². The van der Waals surface area contributed by atoms with E-state index in [0.29, 0.717) is 38.2 Å². The third-order valence-electron chi connectivity index (χ3n) is 4.78. The molecule has 0 aliphatic carbocycles. The number of carbonyl (C=O) groups excluding carboxylic acids is 3. The summed E-state index contributed by atoms with van der Waals surface area (Å²) in [5.41, 5.74) is 5.91. The summed E-state index contributed by atoms with van der Waals surface area (Å²) < 4.78 is 13.0. The quantitative estimate of drug-likeness (QED) is 0.847. The molecule has 1 aromatic carbocycles. The summed E-state index contributed by atoms with van der Waals surface area (Å²) in [4.78, 5) is 38.9. The van der Waals surface area contributed by atoms with Gasteiger partial charge in [0.15, 0.2) is 0 Å². The first kappa shape index (κ1) is 17.2. The van der Waals surface area contributed by atoms with Crippen molar-refractivity contribution in [3.63, 3.8) is 0 Å². The summed E-state index contributed by atoms with van der Waals surface area (Å²) in [6, 6.07) is 5.17. The molecule has 25 heavy (non-hydrogen) atoms. The standard InChI is InChI=1S/C17H21FN4O3/c18-12-1-3-14(4-2-12)22-10-13(9-15(22)23)20-17(25)21-7-5-11(6-8-21)16(19)24/h1-4,11,13H,5-10H2,(H2,19,24)(H,20,25)/t13-/m1/s1. The molecular formula is C17H21FN4O3. The van der Waals surface area contributed by atoms with Crippen molar-refractivity contribution >= 4 is 23.5 Å². The summed E-state index contributed by atoms with van der Waals surface area (Å²) in [7, 11) is 0. The van der Waals surface area contributed by atoms with E-state index in [0.717, 1.165) is 0 Å². The predicted molar refractivity (Wildman–Crippen MR) is 89.2 cm³/mol. The van der Waals surface area contributed by atoms with Gasteiger partial charge in [0.25, 0.3) is 0 Å². The van der Waals surface area contributed by atoms with Crippen molar-refractivity contribution in [3.8, 4) is 0 Å². The molecule has 3 rings (SSSR count). The zero-order valence-corrected chi connectivity index (χ0v) is 13.8. The second kappa shape index (κ2) is 7.08. The Morgan fingerprint density at radius 1 is 1.16 bits per heavy atom. The number of rotatable bonds is 3. The normalized spacial score (nSPS) is 21.5. The van der Waals surface area contributed by atoms with E-state index in [4.69, 9.17) is 5.73 Å². The summed E-state index contributed by atoms with van der Waals surface area (Å²) in [5, 5.41) is 2.87. The Kier molecular flexibility index (Phi) is 4.87. The topological polar surface area (TPSA) is 95.7 Å². The van der Waals surface area contributed by atoms with Gasteiger partial charge < -0.3 is 20.9 Å². The molecule has 0 unspecified atom stereocenters. The van der Waals surface area contributed by atoms with Crippen molar-refractivity contribution < 1.29 is 18.8 Å². The lowest BCUT2D eigenvalue weighted by molar-refractivity contribution is -0.123. The van der Waals surface area contributed by atoms with Crippen LogP contribution in [0.1, 0.15) is 19.3 Å². The highest BCUT2D eigenvalue weighted by atomic mass is 19.1. The van der Waals surface area contributed by atoms with Crippen LogP contribution in [0.15, 0.2) is 24.3 Å². The number of anilines is 1. The Bertz CT molecular complexity index is 671. The zero-order chi connectivity index (χ0) is 18.0. The van der Waals surface area contributed by atoms with Gasteiger partial charge in [-0.1, -0.05) is 0 Å². The molecule has 2 aliphatic heterocycles. The van der Waals surface area contributed by atoms with Crippen LogP contribution in [0.25, 0.3) is 0 Å². The van der Waals surface area contributed by atoms with Crippen molar-refractivity contribution in [3.05, 3.63) is 30.1 Å². The molecule has 1 atom stereocenters. The molecule has 7 nitrogen and oxygen atoms in total. The van der Waals surface area contributed by atoms with Gasteiger partial charge in [-0.25, -0.2) is 9.18 Å². The van der Waals surface area contributed by atoms with Gasteiger partial charge in [0.1, 0.15) is 5.82 Å². The first-order valence-corrected chi connectivity index (χ1v) is 8.34. The van der Waals surface area contributed by atoms with Crippen LogP contribution < -0.4 is 16.0 Å². The lowest BCUT2D eigenvalue weighted by Crippen LogP contribution is -2.49. The number of likely N-dealkylation sites (tertiary alicyclic amines) is 1. The molecule has 2 saturated heterocycles. The minimum absolute atomic E-state index is 0.107. The average molecular weight is 348 g/mol. The first-order valence-electron chi connectivity index (χ1n) is 8.34. The van der Waals surface area contributed by atoms with Gasteiger partial charge in [0, 0.05) is 37.7 Å². The molecule has 0 spiro atoms. The number of primary amides is 1. The molecule has 2 heterocycles. The lowest BCUT2D eigenvalue weighted by atomic mass is 9.96. The first-order chi connectivity index (χ1) is 11.9. The molecule has 1 aromatic rings. The van der Waals surface area contributed by atoms with E-state index in [9.17, 15) is 18.8 Å².